The summed E-state index contributed by atoms with van der Waals surface area (Å²) in [7, 11) is 0. The van der Waals surface area contributed by atoms with Gasteiger partial charge in [0.25, 0.3) is 0 Å². The first-order valence-electron chi connectivity index (χ1n) is 17.9. The molecule has 0 bridgehead atoms. The van der Waals surface area contributed by atoms with E-state index in [1.165, 1.54) is 11.1 Å². The SMILES string of the molecule is Clc1ccc2nc3n(c2n1)[C@@H](c1ccccc1)CC3.c1ccc([C@H]2CCc3nc4ccc(-c5ccnc(OCC6CCOCC6)c5)nc4n32)cc1. The van der Waals surface area contributed by atoms with Crippen LogP contribution in [0.25, 0.3) is 33.6 Å². The monoisotopic (exact) mass is 695 g/mol. The second-order valence-electron chi connectivity index (χ2n) is 13.5. The van der Waals surface area contributed by atoms with Crippen molar-refractivity contribution < 1.29 is 9.47 Å². The van der Waals surface area contributed by atoms with Gasteiger partial charge >= 0.3 is 0 Å². The number of aromatic nitrogens is 7. The van der Waals surface area contributed by atoms with E-state index in [-0.39, 0.29) is 6.04 Å². The van der Waals surface area contributed by atoms with E-state index >= 15 is 0 Å². The maximum atomic E-state index is 6.02. The van der Waals surface area contributed by atoms with Crippen LogP contribution in [0.4, 0.5) is 0 Å². The molecule has 0 N–H and O–H groups in total. The number of aryl methyl sites for hydroxylation is 2. The lowest BCUT2D eigenvalue weighted by Gasteiger charge is -2.21. The molecule has 9 nitrogen and oxygen atoms in total. The molecule has 3 aliphatic heterocycles. The topological polar surface area (TPSA) is 92.8 Å². The van der Waals surface area contributed by atoms with Crippen molar-refractivity contribution in [2.45, 2.75) is 50.6 Å². The van der Waals surface area contributed by atoms with Crippen LogP contribution in [0.15, 0.2) is 103 Å². The van der Waals surface area contributed by atoms with Gasteiger partial charge in [0.15, 0.2) is 11.3 Å². The number of ether oxygens (including phenoxy) is 2. The van der Waals surface area contributed by atoms with Gasteiger partial charge in [0.05, 0.1) is 24.4 Å². The Bertz CT molecular complexity index is 2300. The van der Waals surface area contributed by atoms with Crippen LogP contribution in [-0.2, 0) is 17.6 Å². The standard InChI is InChI=1S/C26H26N4O2.C15H12ClN3/c1-2-4-19(5-3-1)23-8-9-24-28-22-7-6-21(29-26(22)30(23)24)20-10-13-27-25(16-20)32-17-18-11-14-31-15-12-18;16-13-8-6-11-15(18-13)19-12(7-9-14(19)17-11)10-4-2-1-3-5-10/h1-7,10,13,16,18,23H,8-9,11-12,14-15,17H2;1-6,8,12H,7,9H2/t23-;12-/m11/s1. The fourth-order valence-corrected chi connectivity index (χ4v) is 7.87. The number of halogens is 1. The van der Waals surface area contributed by atoms with Gasteiger partial charge in [0.1, 0.15) is 27.8 Å². The number of pyridine rings is 3. The molecular weight excluding hydrogens is 658 g/mol. The molecule has 0 radical (unpaired) electrons. The third kappa shape index (κ3) is 6.36. The summed E-state index contributed by atoms with van der Waals surface area (Å²) in [5, 5.41) is 0.522. The molecule has 0 aliphatic carbocycles. The van der Waals surface area contributed by atoms with Gasteiger partial charge in [-0.1, -0.05) is 72.3 Å². The minimum atomic E-state index is 0.287. The zero-order valence-corrected chi connectivity index (χ0v) is 29.0. The van der Waals surface area contributed by atoms with Crippen LogP contribution in [0.5, 0.6) is 5.88 Å². The third-order valence-corrected chi connectivity index (χ3v) is 10.5. The van der Waals surface area contributed by atoms with Crippen molar-refractivity contribution in [3.8, 4) is 17.1 Å². The number of fused-ring (bicyclic) bond motifs is 6. The van der Waals surface area contributed by atoms with Gasteiger partial charge in [0, 0.05) is 43.9 Å². The van der Waals surface area contributed by atoms with Gasteiger partial charge in [-0.3, -0.25) is 0 Å². The lowest BCUT2D eigenvalue weighted by molar-refractivity contribution is 0.0490. The van der Waals surface area contributed by atoms with Gasteiger partial charge in [0.2, 0.25) is 5.88 Å². The van der Waals surface area contributed by atoms with E-state index in [0.717, 1.165) is 97.0 Å². The first-order valence-corrected chi connectivity index (χ1v) is 18.2. The Kier molecular flexibility index (Phi) is 8.67. The van der Waals surface area contributed by atoms with Crippen LogP contribution in [-0.4, -0.2) is 53.9 Å². The van der Waals surface area contributed by atoms with Crippen LogP contribution < -0.4 is 4.74 Å². The molecule has 0 amide bonds. The molecule has 10 heteroatoms. The molecule has 1 fully saturated rings. The van der Waals surface area contributed by atoms with Crippen molar-refractivity contribution in [2.24, 2.45) is 5.92 Å². The molecule has 0 spiro atoms. The van der Waals surface area contributed by atoms with E-state index in [2.05, 4.69) is 84.7 Å². The van der Waals surface area contributed by atoms with Gasteiger partial charge in [-0.05, 0) is 73.1 Å². The van der Waals surface area contributed by atoms with Crippen LogP contribution in [0.2, 0.25) is 5.15 Å². The van der Waals surface area contributed by atoms with Crippen molar-refractivity contribution in [1.29, 1.82) is 0 Å². The molecular formula is C41H38ClN7O2. The average molecular weight is 696 g/mol. The van der Waals surface area contributed by atoms with E-state index in [0.29, 0.717) is 29.6 Å². The molecule has 0 saturated carbocycles. The number of hydrogen-bond donors (Lipinski definition) is 0. The first-order chi connectivity index (χ1) is 25.2. The van der Waals surface area contributed by atoms with E-state index in [4.69, 9.17) is 31.0 Å². The highest BCUT2D eigenvalue weighted by molar-refractivity contribution is 6.29. The van der Waals surface area contributed by atoms with E-state index < -0.39 is 0 Å². The predicted octanol–water partition coefficient (Wildman–Crippen LogP) is 8.45. The minimum absolute atomic E-state index is 0.287. The Labute approximate surface area is 301 Å². The van der Waals surface area contributed by atoms with Crippen molar-refractivity contribution in [3.05, 3.63) is 131 Å². The molecule has 7 aromatic rings. The van der Waals surface area contributed by atoms with E-state index in [1.54, 1.807) is 12.3 Å². The Morgan fingerprint density at radius 1 is 0.667 bits per heavy atom. The molecule has 5 aromatic heterocycles. The molecule has 0 unspecified atom stereocenters. The Morgan fingerprint density at radius 2 is 1.27 bits per heavy atom. The van der Waals surface area contributed by atoms with Crippen LogP contribution in [0.3, 0.4) is 0 Å². The normalized spacial score (nSPS) is 18.4. The lowest BCUT2D eigenvalue weighted by atomic mass is 10.0. The van der Waals surface area contributed by atoms with Crippen LogP contribution in [0, 0.1) is 5.92 Å². The van der Waals surface area contributed by atoms with Gasteiger partial charge in [-0.2, -0.15) is 0 Å². The highest BCUT2D eigenvalue weighted by atomic mass is 35.5. The largest absolute Gasteiger partial charge is 0.477 e. The number of hydrogen-bond acceptors (Lipinski definition) is 7. The Hall–Kier alpha value is -5.12. The molecule has 2 aromatic carbocycles. The maximum absolute atomic E-state index is 6.02. The number of rotatable bonds is 6. The van der Waals surface area contributed by atoms with Crippen molar-refractivity contribution in [2.75, 3.05) is 19.8 Å². The summed E-state index contributed by atoms with van der Waals surface area (Å²) in [6, 6.07) is 33.6. The number of benzene rings is 2. The summed E-state index contributed by atoms with van der Waals surface area (Å²) in [6.07, 6.45) is 8.01. The second-order valence-corrected chi connectivity index (χ2v) is 13.9. The fraction of sp³-hybridized carbons (Fsp3) is 0.293. The number of imidazole rings is 2. The van der Waals surface area contributed by atoms with Gasteiger partial charge in [-0.25, -0.2) is 24.9 Å². The van der Waals surface area contributed by atoms with Crippen molar-refractivity contribution >= 4 is 33.9 Å². The summed E-state index contributed by atoms with van der Waals surface area (Å²) >= 11 is 6.02. The summed E-state index contributed by atoms with van der Waals surface area (Å²) < 4.78 is 16.0. The summed E-state index contributed by atoms with van der Waals surface area (Å²) in [4.78, 5) is 23.4. The quantitative estimate of drug-likeness (QED) is 0.161. The van der Waals surface area contributed by atoms with E-state index in [9.17, 15) is 0 Å². The summed E-state index contributed by atoms with van der Waals surface area (Å²) in [6.45, 7) is 2.33. The molecule has 1 saturated heterocycles. The van der Waals surface area contributed by atoms with Crippen LogP contribution >= 0.6 is 11.6 Å². The smallest absolute Gasteiger partial charge is 0.213 e. The predicted molar refractivity (Wildman–Crippen MR) is 198 cm³/mol. The molecule has 3 aliphatic rings. The Morgan fingerprint density at radius 3 is 1.92 bits per heavy atom. The van der Waals surface area contributed by atoms with Crippen molar-refractivity contribution in [1.82, 2.24) is 34.1 Å². The fourth-order valence-electron chi connectivity index (χ4n) is 7.72. The molecule has 2 atom stereocenters. The zero-order chi connectivity index (χ0) is 34.1. The third-order valence-electron chi connectivity index (χ3n) is 10.3. The van der Waals surface area contributed by atoms with Gasteiger partial charge in [-0.15, -0.1) is 0 Å². The highest BCUT2D eigenvalue weighted by Crippen LogP contribution is 2.37. The maximum Gasteiger partial charge on any atom is 0.213 e. The van der Waals surface area contributed by atoms with Crippen molar-refractivity contribution in [3.63, 3.8) is 0 Å². The minimum Gasteiger partial charge on any atom is -0.477 e. The summed E-state index contributed by atoms with van der Waals surface area (Å²) in [5.74, 6) is 3.41. The van der Waals surface area contributed by atoms with Gasteiger partial charge < -0.3 is 18.6 Å². The second kappa shape index (κ2) is 13.9. The lowest BCUT2D eigenvalue weighted by Crippen LogP contribution is -2.21. The average Bonchev–Trinajstić information content (AvgIpc) is 3.96. The first kappa shape index (κ1) is 31.8. The molecule has 51 heavy (non-hydrogen) atoms. The Balaban J connectivity index is 0.000000155. The highest BCUT2D eigenvalue weighted by Gasteiger charge is 2.29. The number of nitrogens with zero attached hydrogens (tertiary/aromatic N) is 7. The zero-order valence-electron chi connectivity index (χ0n) is 28.2. The van der Waals surface area contributed by atoms with Crippen LogP contribution in [0.1, 0.15) is 60.5 Å². The molecule has 10 rings (SSSR count). The molecule has 256 valence electrons. The summed E-state index contributed by atoms with van der Waals surface area (Å²) in [5.41, 5.74) is 8.27. The van der Waals surface area contributed by atoms with E-state index in [1.807, 2.05) is 30.3 Å². The molecule has 8 heterocycles.